The molecule has 12 heteroatoms. The molecule has 0 fully saturated rings. The van der Waals surface area contributed by atoms with Crippen LogP contribution < -0.4 is 5.32 Å². The zero-order chi connectivity index (χ0) is 22.0. The molecule has 0 aliphatic carbocycles. The Hall–Kier alpha value is -2.00. The third kappa shape index (κ3) is 3.13. The van der Waals surface area contributed by atoms with E-state index in [1.807, 2.05) is 5.32 Å². The average Bonchev–Trinajstić information content (AvgIpc) is 3.08. The zero-order valence-electron chi connectivity index (χ0n) is 14.5. The predicted octanol–water partition coefficient (Wildman–Crippen LogP) is 5.42. The highest BCUT2D eigenvalue weighted by Crippen LogP contribution is 2.44. The summed E-state index contributed by atoms with van der Waals surface area (Å²) in [5.41, 5.74) is -3.64. The van der Waals surface area contributed by atoms with Gasteiger partial charge in [0, 0.05) is 15.6 Å². The summed E-state index contributed by atoms with van der Waals surface area (Å²) in [6, 6.07) is 6.03. The van der Waals surface area contributed by atoms with Crippen molar-refractivity contribution in [3.63, 3.8) is 0 Å². The van der Waals surface area contributed by atoms with Crippen molar-refractivity contribution < 1.29 is 22.8 Å². The van der Waals surface area contributed by atoms with Gasteiger partial charge in [-0.05, 0) is 30.3 Å². The zero-order valence-corrected chi connectivity index (χ0v) is 17.5. The second-order valence-corrected chi connectivity index (χ2v) is 8.23. The van der Waals surface area contributed by atoms with Crippen LogP contribution in [0.15, 0.2) is 30.3 Å². The van der Waals surface area contributed by atoms with Crippen LogP contribution in [0, 0.1) is 0 Å². The number of alkyl halides is 3. The Morgan fingerprint density at radius 3 is 2.23 bits per heavy atom. The van der Waals surface area contributed by atoms with Crippen molar-refractivity contribution in [2.24, 2.45) is 0 Å². The average molecular weight is 497 g/mol. The largest absolute Gasteiger partial charge is 0.438 e. The molecule has 4 rings (SSSR count). The van der Waals surface area contributed by atoms with Crippen molar-refractivity contribution in [1.29, 1.82) is 0 Å². The van der Waals surface area contributed by atoms with Gasteiger partial charge in [0.15, 0.2) is 5.78 Å². The van der Waals surface area contributed by atoms with Crippen LogP contribution in [-0.4, -0.2) is 27.4 Å². The Balaban J connectivity index is 1.93. The first kappa shape index (κ1) is 21.2. The molecule has 2 heterocycles. The van der Waals surface area contributed by atoms with Gasteiger partial charge in [-0.15, -0.1) is 0 Å². The molecule has 0 radical (unpaired) electrons. The van der Waals surface area contributed by atoms with Crippen molar-refractivity contribution in [1.82, 2.24) is 14.9 Å². The molecule has 1 atom stereocenters. The maximum absolute atomic E-state index is 14.4. The number of carbonyl (C=O) groups is 2. The van der Waals surface area contributed by atoms with Crippen LogP contribution in [0.5, 0.6) is 0 Å². The van der Waals surface area contributed by atoms with Gasteiger partial charge in [-0.1, -0.05) is 46.4 Å². The smallest absolute Gasteiger partial charge is 0.315 e. The lowest BCUT2D eigenvalue weighted by Crippen LogP contribution is -2.62. The molecule has 0 saturated carbocycles. The molecule has 30 heavy (non-hydrogen) atoms. The standard InChI is InChI=1S/C18H8Cl4F3N3O2/c19-8-1-7(2-9(20)3-8)16(30)27-17(18(23,24)25)14(29)6-15-26-12-4-10(21)11(22)5-13(12)28(15)17/h1-5H,6H2,(H,27,30). The lowest BCUT2D eigenvalue weighted by atomic mass is 10.0. The number of Topliss-reactive ketones (excluding diaryl/α,β-unsaturated/α-hetero) is 1. The summed E-state index contributed by atoms with van der Waals surface area (Å²) in [6.07, 6.45) is -5.85. The second-order valence-electron chi connectivity index (χ2n) is 6.54. The fourth-order valence-electron chi connectivity index (χ4n) is 3.41. The molecule has 2 aromatic carbocycles. The number of aromatic nitrogens is 2. The highest BCUT2D eigenvalue weighted by molar-refractivity contribution is 6.42. The van der Waals surface area contributed by atoms with Crippen LogP contribution in [-0.2, 0) is 16.9 Å². The van der Waals surface area contributed by atoms with Crippen LogP contribution in [0.4, 0.5) is 13.2 Å². The van der Waals surface area contributed by atoms with E-state index in [1.54, 1.807) is 0 Å². The molecular formula is C18H8Cl4F3N3O2. The lowest BCUT2D eigenvalue weighted by Gasteiger charge is -2.33. The molecule has 0 spiro atoms. The van der Waals surface area contributed by atoms with Crippen LogP contribution in [0.3, 0.4) is 0 Å². The topological polar surface area (TPSA) is 64.0 Å². The third-order valence-electron chi connectivity index (χ3n) is 4.65. The Kier molecular flexibility index (Phi) is 4.97. The minimum absolute atomic E-state index is 0.0322. The van der Waals surface area contributed by atoms with Gasteiger partial charge in [-0.3, -0.25) is 14.2 Å². The van der Waals surface area contributed by atoms with Gasteiger partial charge in [-0.2, -0.15) is 13.2 Å². The number of imidazole rings is 1. The molecule has 0 saturated heterocycles. The lowest BCUT2D eigenvalue weighted by molar-refractivity contribution is -0.214. The van der Waals surface area contributed by atoms with E-state index >= 15 is 0 Å². The van der Waals surface area contributed by atoms with E-state index < -0.39 is 30.0 Å². The number of benzene rings is 2. The number of carbonyl (C=O) groups excluding carboxylic acids is 2. The van der Waals surface area contributed by atoms with E-state index in [9.17, 15) is 22.8 Å². The number of nitrogens with one attached hydrogen (secondary N) is 1. The third-order valence-corrected chi connectivity index (χ3v) is 5.81. The van der Waals surface area contributed by atoms with Gasteiger partial charge in [0.2, 0.25) is 0 Å². The first-order valence-electron chi connectivity index (χ1n) is 8.19. The number of hydrogen-bond acceptors (Lipinski definition) is 3. The summed E-state index contributed by atoms with van der Waals surface area (Å²) >= 11 is 23.6. The van der Waals surface area contributed by atoms with E-state index in [2.05, 4.69) is 4.98 Å². The summed E-state index contributed by atoms with van der Waals surface area (Å²) in [5, 5.41) is 1.98. The Morgan fingerprint density at radius 1 is 1.03 bits per heavy atom. The number of halogens is 7. The SMILES string of the molecule is O=C(NC1(C(F)(F)F)C(=O)Cc2nc3cc(Cl)c(Cl)cc3n21)c1cc(Cl)cc(Cl)c1. The molecular weight excluding hydrogens is 489 g/mol. The summed E-state index contributed by atoms with van der Waals surface area (Å²) in [4.78, 5) is 29.4. The van der Waals surface area contributed by atoms with Gasteiger partial charge in [0.1, 0.15) is 5.82 Å². The molecule has 1 unspecified atom stereocenters. The van der Waals surface area contributed by atoms with Gasteiger partial charge in [-0.25, -0.2) is 4.98 Å². The van der Waals surface area contributed by atoms with Gasteiger partial charge in [0.05, 0.1) is 27.5 Å². The fraction of sp³-hybridized carbons (Fsp3) is 0.167. The number of rotatable bonds is 2. The normalized spacial score (nSPS) is 18.7. The first-order chi connectivity index (χ1) is 13.9. The molecule has 1 aromatic heterocycles. The number of nitrogens with zero attached hydrogens (tertiary/aromatic N) is 2. The van der Waals surface area contributed by atoms with Crippen LogP contribution in [0.1, 0.15) is 16.2 Å². The van der Waals surface area contributed by atoms with Gasteiger partial charge >= 0.3 is 6.18 Å². The van der Waals surface area contributed by atoms with Crippen molar-refractivity contribution in [2.45, 2.75) is 18.3 Å². The number of ketones is 1. The molecule has 3 aromatic rings. The van der Waals surface area contributed by atoms with Crippen LogP contribution in [0.25, 0.3) is 11.0 Å². The van der Waals surface area contributed by atoms with E-state index in [0.29, 0.717) is 4.57 Å². The Labute approximate surface area is 186 Å². The summed E-state index contributed by atoms with van der Waals surface area (Å²) in [6.45, 7) is 0. The number of hydrogen-bond donors (Lipinski definition) is 1. The van der Waals surface area contributed by atoms with Crippen molar-refractivity contribution in [2.75, 3.05) is 0 Å². The highest BCUT2D eigenvalue weighted by Gasteiger charge is 2.66. The summed E-state index contributed by atoms with van der Waals surface area (Å²) in [7, 11) is 0. The van der Waals surface area contributed by atoms with Crippen LogP contribution in [0.2, 0.25) is 20.1 Å². The number of fused-ring (bicyclic) bond motifs is 3. The van der Waals surface area contributed by atoms with Crippen molar-refractivity contribution in [3.8, 4) is 0 Å². The van der Waals surface area contributed by atoms with E-state index in [0.717, 1.165) is 18.2 Å². The maximum atomic E-state index is 14.4. The fourth-order valence-corrected chi connectivity index (χ4v) is 4.26. The van der Waals surface area contributed by atoms with Gasteiger partial charge in [0.25, 0.3) is 11.6 Å². The molecule has 156 valence electrons. The van der Waals surface area contributed by atoms with Crippen LogP contribution >= 0.6 is 46.4 Å². The van der Waals surface area contributed by atoms with Gasteiger partial charge < -0.3 is 5.32 Å². The first-order valence-corrected chi connectivity index (χ1v) is 9.70. The monoisotopic (exact) mass is 495 g/mol. The maximum Gasteiger partial charge on any atom is 0.438 e. The summed E-state index contributed by atoms with van der Waals surface area (Å²) < 4.78 is 43.7. The molecule has 0 bridgehead atoms. The van der Waals surface area contributed by atoms with Crippen molar-refractivity contribution >= 4 is 69.1 Å². The summed E-state index contributed by atoms with van der Waals surface area (Å²) in [5.74, 6) is -2.68. The Morgan fingerprint density at radius 2 is 1.63 bits per heavy atom. The minimum Gasteiger partial charge on any atom is -0.315 e. The minimum atomic E-state index is -5.20. The van der Waals surface area contributed by atoms with E-state index in [-0.39, 0.29) is 42.5 Å². The molecule has 1 N–H and O–H groups in total. The highest BCUT2D eigenvalue weighted by atomic mass is 35.5. The second kappa shape index (κ2) is 7.02. The molecule has 1 aliphatic heterocycles. The van der Waals surface area contributed by atoms with E-state index in [4.69, 9.17) is 46.4 Å². The quantitative estimate of drug-likeness (QED) is 0.515. The number of amides is 1. The Bertz CT molecular complexity index is 1220. The van der Waals surface area contributed by atoms with Crippen molar-refractivity contribution in [3.05, 3.63) is 61.8 Å². The molecule has 5 nitrogen and oxygen atoms in total. The predicted molar refractivity (Wildman–Crippen MR) is 106 cm³/mol. The molecule has 1 amide bonds. The van der Waals surface area contributed by atoms with E-state index in [1.165, 1.54) is 12.1 Å². The molecule has 1 aliphatic rings.